The lowest BCUT2D eigenvalue weighted by atomic mass is 10.2. The van der Waals surface area contributed by atoms with E-state index in [0.29, 0.717) is 0 Å². The van der Waals surface area contributed by atoms with Crippen molar-refractivity contribution in [2.45, 2.75) is 20.3 Å². The highest BCUT2D eigenvalue weighted by atomic mass is 15.7. The second kappa shape index (κ2) is 6.39. The Morgan fingerprint density at radius 2 is 1.64 bits per heavy atom. The van der Waals surface area contributed by atoms with Crippen LogP contribution in [0.2, 0.25) is 0 Å². The Kier molecular flexibility index (Phi) is 3.93. The van der Waals surface area contributed by atoms with E-state index in [4.69, 9.17) is 0 Å². The Labute approximate surface area is 146 Å². The molecular weight excluding hydrogens is 312 g/mol. The highest BCUT2D eigenvalue weighted by molar-refractivity contribution is 6.00. The molecule has 3 aromatic rings. The fourth-order valence-corrected chi connectivity index (χ4v) is 2.89. The Morgan fingerprint density at radius 1 is 0.880 bits per heavy atom. The number of nitrogens with one attached hydrogen (secondary N) is 2. The normalized spacial score (nSPS) is 14.2. The molecule has 3 aromatic heterocycles. The van der Waals surface area contributed by atoms with Crippen LogP contribution in [0.15, 0.2) is 53.6 Å². The maximum atomic E-state index is 4.56. The average Bonchev–Trinajstić information content (AvgIpc) is 3.12. The number of hydrogen-bond donors (Lipinski definition) is 2. The Balaban J connectivity index is 1.52. The summed E-state index contributed by atoms with van der Waals surface area (Å²) >= 11 is 0. The van der Waals surface area contributed by atoms with Gasteiger partial charge in [-0.2, -0.15) is 5.10 Å². The summed E-state index contributed by atoms with van der Waals surface area (Å²) in [5.41, 5.74) is 9.06. The number of hydrazine groups is 1. The summed E-state index contributed by atoms with van der Waals surface area (Å²) in [5, 5.41) is 6.47. The molecule has 25 heavy (non-hydrogen) atoms. The van der Waals surface area contributed by atoms with Crippen molar-refractivity contribution < 1.29 is 0 Å². The molecule has 6 heteroatoms. The predicted molar refractivity (Wildman–Crippen MR) is 99.4 cm³/mol. The van der Waals surface area contributed by atoms with Crippen molar-refractivity contribution in [1.82, 2.24) is 20.5 Å². The number of aryl methyl sites for hydroxylation is 2. The van der Waals surface area contributed by atoms with Gasteiger partial charge in [0.05, 0.1) is 22.8 Å². The summed E-state index contributed by atoms with van der Waals surface area (Å²) in [5.74, 6) is 0.888. The van der Waals surface area contributed by atoms with Gasteiger partial charge in [0.1, 0.15) is 5.82 Å². The number of pyridine rings is 2. The van der Waals surface area contributed by atoms with Crippen molar-refractivity contribution >= 4 is 11.5 Å². The first-order chi connectivity index (χ1) is 12.2. The van der Waals surface area contributed by atoms with E-state index in [-0.39, 0.29) is 0 Å². The molecular formula is C19H20N6. The summed E-state index contributed by atoms with van der Waals surface area (Å²) in [6.45, 7) is 4.80. The van der Waals surface area contributed by atoms with E-state index in [2.05, 4.69) is 31.7 Å². The van der Waals surface area contributed by atoms with Crippen molar-refractivity contribution in [3.05, 3.63) is 65.6 Å². The third-order valence-corrected chi connectivity index (χ3v) is 4.19. The largest absolute Gasteiger partial charge is 0.352 e. The molecule has 0 fully saturated rings. The van der Waals surface area contributed by atoms with Crippen molar-refractivity contribution in [2.75, 3.05) is 11.6 Å². The number of aromatic nitrogens is 3. The highest BCUT2D eigenvalue weighted by Gasteiger charge is 2.17. The summed E-state index contributed by atoms with van der Waals surface area (Å²) in [6.07, 6.45) is 0.837. The Bertz CT molecular complexity index is 927. The summed E-state index contributed by atoms with van der Waals surface area (Å²) in [6, 6.07) is 16.1. The molecule has 0 bridgehead atoms. The molecule has 1 aliphatic rings. The molecule has 0 saturated heterocycles. The SMILES string of the molecule is Cc1cccc(-c2ccc(C3=NNN(c4cccc(C)n4)CC3)[nH]2)n1. The van der Waals surface area contributed by atoms with Crippen molar-refractivity contribution in [1.29, 1.82) is 0 Å². The third kappa shape index (κ3) is 3.24. The van der Waals surface area contributed by atoms with Gasteiger partial charge in [-0.05, 0) is 50.2 Å². The summed E-state index contributed by atoms with van der Waals surface area (Å²) in [7, 11) is 0. The van der Waals surface area contributed by atoms with Crippen molar-refractivity contribution in [3.8, 4) is 11.4 Å². The molecule has 6 nitrogen and oxygen atoms in total. The van der Waals surface area contributed by atoms with Gasteiger partial charge in [-0.25, -0.2) is 10.5 Å². The molecule has 0 amide bonds. The number of aromatic amines is 1. The molecule has 0 aromatic carbocycles. The smallest absolute Gasteiger partial charge is 0.148 e. The summed E-state index contributed by atoms with van der Waals surface area (Å²) in [4.78, 5) is 12.5. The molecule has 0 radical (unpaired) electrons. The molecule has 1 aliphatic heterocycles. The first kappa shape index (κ1) is 15.4. The third-order valence-electron chi connectivity index (χ3n) is 4.19. The molecule has 0 unspecified atom stereocenters. The second-order valence-corrected chi connectivity index (χ2v) is 6.15. The van der Waals surface area contributed by atoms with Crippen molar-refractivity contribution in [2.24, 2.45) is 5.10 Å². The zero-order chi connectivity index (χ0) is 17.2. The molecule has 2 N–H and O–H groups in total. The molecule has 0 atom stereocenters. The van der Waals surface area contributed by atoms with Crippen LogP contribution >= 0.6 is 0 Å². The topological polar surface area (TPSA) is 69.2 Å². The van der Waals surface area contributed by atoms with E-state index >= 15 is 0 Å². The quantitative estimate of drug-likeness (QED) is 0.773. The summed E-state index contributed by atoms with van der Waals surface area (Å²) < 4.78 is 0. The van der Waals surface area contributed by atoms with Crippen LogP contribution in [-0.4, -0.2) is 27.2 Å². The minimum absolute atomic E-state index is 0.812. The minimum Gasteiger partial charge on any atom is -0.352 e. The van der Waals surface area contributed by atoms with Crippen LogP contribution in [0.4, 0.5) is 5.82 Å². The van der Waals surface area contributed by atoms with Gasteiger partial charge >= 0.3 is 0 Å². The van der Waals surface area contributed by atoms with Crippen molar-refractivity contribution in [3.63, 3.8) is 0 Å². The molecule has 4 rings (SSSR count). The predicted octanol–water partition coefficient (Wildman–Crippen LogP) is 3.21. The first-order valence-corrected chi connectivity index (χ1v) is 8.36. The molecule has 0 aliphatic carbocycles. The van der Waals surface area contributed by atoms with E-state index in [1.165, 1.54) is 0 Å². The van der Waals surface area contributed by atoms with Crippen LogP contribution in [0.1, 0.15) is 23.5 Å². The Morgan fingerprint density at radius 3 is 2.36 bits per heavy atom. The number of rotatable bonds is 3. The lowest BCUT2D eigenvalue weighted by Crippen LogP contribution is -2.41. The van der Waals surface area contributed by atoms with Crippen LogP contribution in [0.25, 0.3) is 11.4 Å². The fourth-order valence-electron chi connectivity index (χ4n) is 2.89. The van der Waals surface area contributed by atoms with E-state index in [0.717, 1.165) is 53.0 Å². The van der Waals surface area contributed by atoms with Gasteiger partial charge in [0.25, 0.3) is 0 Å². The number of nitrogens with zero attached hydrogens (tertiary/aromatic N) is 4. The van der Waals surface area contributed by atoms with Gasteiger partial charge in [0.2, 0.25) is 0 Å². The minimum atomic E-state index is 0.812. The first-order valence-electron chi connectivity index (χ1n) is 8.36. The van der Waals surface area contributed by atoms with Crippen LogP contribution < -0.4 is 10.5 Å². The maximum absolute atomic E-state index is 4.56. The average molecular weight is 332 g/mol. The lowest BCUT2D eigenvalue weighted by molar-refractivity contribution is 0.623. The van der Waals surface area contributed by atoms with E-state index in [1.807, 2.05) is 61.3 Å². The van der Waals surface area contributed by atoms with Gasteiger partial charge in [-0.3, -0.25) is 9.99 Å². The number of anilines is 1. The van der Waals surface area contributed by atoms with Crippen LogP contribution in [0, 0.1) is 13.8 Å². The molecule has 4 heterocycles. The van der Waals surface area contributed by atoms with Gasteiger partial charge < -0.3 is 4.98 Å². The second-order valence-electron chi connectivity index (χ2n) is 6.15. The van der Waals surface area contributed by atoms with Gasteiger partial charge in [-0.1, -0.05) is 12.1 Å². The molecule has 0 spiro atoms. The van der Waals surface area contributed by atoms with Gasteiger partial charge in [0.15, 0.2) is 0 Å². The van der Waals surface area contributed by atoms with Crippen LogP contribution in [0.5, 0.6) is 0 Å². The van der Waals surface area contributed by atoms with Crippen LogP contribution in [-0.2, 0) is 0 Å². The van der Waals surface area contributed by atoms with Gasteiger partial charge in [-0.15, -0.1) is 0 Å². The molecule has 0 saturated carbocycles. The number of H-pyrrole nitrogens is 1. The molecule has 126 valence electrons. The zero-order valence-electron chi connectivity index (χ0n) is 14.3. The Hall–Kier alpha value is -3.15. The standard InChI is InChI=1S/C19H20N6/c1-13-5-3-7-15(20-13)16-9-10-17(22-16)18-11-12-25(24-23-18)19-8-4-6-14(2)21-19/h3-10,22,24H,11-12H2,1-2H3. The van der Waals surface area contributed by atoms with E-state index in [9.17, 15) is 0 Å². The number of hydrogen-bond acceptors (Lipinski definition) is 5. The van der Waals surface area contributed by atoms with E-state index < -0.39 is 0 Å². The highest BCUT2D eigenvalue weighted by Crippen LogP contribution is 2.19. The lowest BCUT2D eigenvalue weighted by Gasteiger charge is -2.27. The van der Waals surface area contributed by atoms with Crippen LogP contribution in [0.3, 0.4) is 0 Å². The van der Waals surface area contributed by atoms with Gasteiger partial charge in [0, 0.05) is 24.4 Å². The zero-order valence-corrected chi connectivity index (χ0v) is 14.3. The number of hydrazone groups is 1. The monoisotopic (exact) mass is 332 g/mol. The fraction of sp³-hybridized carbons (Fsp3) is 0.211. The van der Waals surface area contributed by atoms with E-state index in [1.54, 1.807) is 0 Å². The maximum Gasteiger partial charge on any atom is 0.148 e.